The van der Waals surface area contributed by atoms with Crippen LogP contribution in [0.15, 0.2) is 78.0 Å². The lowest BCUT2D eigenvalue weighted by molar-refractivity contribution is -0.114. The third-order valence-corrected chi connectivity index (χ3v) is 5.78. The topological polar surface area (TPSA) is 88.2 Å². The number of hydrogen-bond acceptors (Lipinski definition) is 4. The molecule has 1 amide bonds. The van der Waals surface area contributed by atoms with Crippen molar-refractivity contribution in [3.63, 3.8) is 0 Å². The van der Waals surface area contributed by atoms with Crippen molar-refractivity contribution in [1.82, 2.24) is 9.71 Å². The Morgan fingerprint density at radius 1 is 0.964 bits per heavy atom. The van der Waals surface area contributed by atoms with Crippen molar-refractivity contribution in [2.24, 2.45) is 0 Å². The number of aromatic nitrogens is 1. The summed E-state index contributed by atoms with van der Waals surface area (Å²) >= 11 is 0. The van der Waals surface area contributed by atoms with Gasteiger partial charge in [-0.2, -0.15) is 0 Å². The molecule has 7 heteroatoms. The van der Waals surface area contributed by atoms with E-state index in [0.717, 1.165) is 16.7 Å². The molecule has 0 aliphatic carbocycles. The first kappa shape index (κ1) is 19.7. The second kappa shape index (κ2) is 8.33. The molecule has 144 valence electrons. The van der Waals surface area contributed by atoms with Gasteiger partial charge in [0.1, 0.15) is 0 Å². The van der Waals surface area contributed by atoms with Gasteiger partial charge in [-0.1, -0.05) is 30.3 Å². The van der Waals surface area contributed by atoms with E-state index >= 15 is 0 Å². The number of carbonyl (C=O) groups is 1. The summed E-state index contributed by atoms with van der Waals surface area (Å²) in [6, 6.07) is 17.2. The number of anilines is 1. The lowest BCUT2D eigenvalue weighted by atomic mass is 10.1. The number of hydrogen-bond donors (Lipinski definition) is 2. The summed E-state index contributed by atoms with van der Waals surface area (Å²) in [4.78, 5) is 15.3. The second-order valence-electron chi connectivity index (χ2n) is 6.41. The first-order chi connectivity index (χ1) is 13.3. The van der Waals surface area contributed by atoms with Gasteiger partial charge in [0.2, 0.25) is 15.9 Å². The predicted octanol–water partition coefficient (Wildman–Crippen LogP) is 3.75. The van der Waals surface area contributed by atoms with Crippen molar-refractivity contribution in [2.45, 2.75) is 24.8 Å². The lowest BCUT2D eigenvalue weighted by Crippen LogP contribution is -2.26. The van der Waals surface area contributed by atoms with Gasteiger partial charge in [0.25, 0.3) is 0 Å². The van der Waals surface area contributed by atoms with Crippen LogP contribution in [0, 0.1) is 0 Å². The Labute approximate surface area is 164 Å². The van der Waals surface area contributed by atoms with Crippen molar-refractivity contribution in [2.75, 3.05) is 5.32 Å². The summed E-state index contributed by atoms with van der Waals surface area (Å²) in [6.07, 6.45) is 3.28. The Bertz CT molecular complexity index is 1050. The predicted molar refractivity (Wildman–Crippen MR) is 109 cm³/mol. The minimum absolute atomic E-state index is 0.129. The Balaban J connectivity index is 1.75. The first-order valence-electron chi connectivity index (χ1n) is 8.75. The second-order valence-corrected chi connectivity index (χ2v) is 8.13. The molecule has 28 heavy (non-hydrogen) atoms. The zero-order chi connectivity index (χ0) is 20.1. The molecule has 3 rings (SSSR count). The minimum Gasteiger partial charge on any atom is -0.326 e. The molecule has 0 aliphatic rings. The number of nitrogens with one attached hydrogen (secondary N) is 2. The number of amides is 1. The zero-order valence-electron chi connectivity index (χ0n) is 15.6. The van der Waals surface area contributed by atoms with Crippen LogP contribution >= 0.6 is 0 Å². The van der Waals surface area contributed by atoms with Crippen molar-refractivity contribution < 1.29 is 13.2 Å². The molecule has 0 saturated heterocycles. The largest absolute Gasteiger partial charge is 0.326 e. The van der Waals surface area contributed by atoms with E-state index in [-0.39, 0.29) is 16.8 Å². The van der Waals surface area contributed by atoms with Gasteiger partial charge in [0.15, 0.2) is 0 Å². The molecule has 1 atom stereocenters. The summed E-state index contributed by atoms with van der Waals surface area (Å²) in [6.45, 7) is 3.23. The SMILES string of the molecule is CC(=O)Nc1ccc(-c2ccc(S(=O)(=O)NC(C)c3cccnc3)cc2)cc1. The maximum atomic E-state index is 12.6. The van der Waals surface area contributed by atoms with Crippen molar-refractivity contribution in [3.05, 3.63) is 78.6 Å². The molecule has 3 aromatic rings. The van der Waals surface area contributed by atoms with Crippen molar-refractivity contribution in [3.8, 4) is 11.1 Å². The van der Waals surface area contributed by atoms with Gasteiger partial charge in [0, 0.05) is 31.0 Å². The summed E-state index contributed by atoms with van der Waals surface area (Å²) in [5.41, 5.74) is 3.31. The summed E-state index contributed by atoms with van der Waals surface area (Å²) in [5, 5.41) is 2.71. The molecule has 0 spiro atoms. The highest BCUT2D eigenvalue weighted by atomic mass is 32.2. The smallest absolute Gasteiger partial charge is 0.241 e. The maximum absolute atomic E-state index is 12.6. The number of pyridine rings is 1. The van der Waals surface area contributed by atoms with Gasteiger partial charge in [0.05, 0.1) is 4.90 Å². The van der Waals surface area contributed by atoms with Crippen LogP contribution in [0.2, 0.25) is 0 Å². The summed E-state index contributed by atoms with van der Waals surface area (Å²) < 4.78 is 27.9. The number of sulfonamides is 1. The van der Waals surface area contributed by atoms with Gasteiger partial charge in [-0.25, -0.2) is 13.1 Å². The molecular weight excluding hydrogens is 374 g/mol. The molecule has 0 radical (unpaired) electrons. The molecule has 1 aromatic heterocycles. The number of benzene rings is 2. The Hall–Kier alpha value is -3.03. The fourth-order valence-corrected chi connectivity index (χ4v) is 4.01. The quantitative estimate of drug-likeness (QED) is 0.665. The van der Waals surface area contributed by atoms with Crippen LogP contribution in [-0.2, 0) is 14.8 Å². The average Bonchev–Trinajstić information content (AvgIpc) is 2.68. The molecule has 6 nitrogen and oxygen atoms in total. The van der Waals surface area contributed by atoms with Crippen LogP contribution in [0.4, 0.5) is 5.69 Å². The highest BCUT2D eigenvalue weighted by Crippen LogP contribution is 2.24. The van der Waals surface area contributed by atoms with Crippen LogP contribution in [-0.4, -0.2) is 19.3 Å². The fraction of sp³-hybridized carbons (Fsp3) is 0.143. The van der Waals surface area contributed by atoms with Crippen molar-refractivity contribution in [1.29, 1.82) is 0 Å². The third kappa shape index (κ3) is 4.82. The molecule has 1 heterocycles. The lowest BCUT2D eigenvalue weighted by Gasteiger charge is -2.14. The highest BCUT2D eigenvalue weighted by Gasteiger charge is 2.18. The van der Waals surface area contributed by atoms with E-state index < -0.39 is 10.0 Å². The van der Waals surface area contributed by atoms with E-state index in [1.807, 2.05) is 18.2 Å². The normalized spacial score (nSPS) is 12.4. The van der Waals surface area contributed by atoms with Gasteiger partial charge < -0.3 is 5.32 Å². The van der Waals surface area contributed by atoms with Crippen LogP contribution in [0.1, 0.15) is 25.5 Å². The Morgan fingerprint density at radius 2 is 1.57 bits per heavy atom. The van der Waals surface area contributed by atoms with E-state index in [1.165, 1.54) is 6.92 Å². The van der Waals surface area contributed by atoms with Crippen LogP contribution in [0.3, 0.4) is 0 Å². The van der Waals surface area contributed by atoms with Gasteiger partial charge >= 0.3 is 0 Å². The molecule has 0 aliphatic heterocycles. The average molecular weight is 395 g/mol. The van der Waals surface area contributed by atoms with Crippen LogP contribution < -0.4 is 10.0 Å². The molecule has 0 bridgehead atoms. The molecule has 2 N–H and O–H groups in total. The molecule has 0 saturated carbocycles. The van der Waals surface area contributed by atoms with E-state index in [0.29, 0.717) is 5.69 Å². The minimum atomic E-state index is -3.65. The van der Waals surface area contributed by atoms with E-state index in [2.05, 4.69) is 15.0 Å². The number of carbonyl (C=O) groups excluding carboxylic acids is 1. The summed E-state index contributed by atoms with van der Waals surface area (Å²) in [5.74, 6) is -0.129. The third-order valence-electron chi connectivity index (χ3n) is 4.22. The Kier molecular flexibility index (Phi) is 5.87. The maximum Gasteiger partial charge on any atom is 0.241 e. The Morgan fingerprint density at radius 3 is 2.11 bits per heavy atom. The monoisotopic (exact) mass is 395 g/mol. The summed E-state index contributed by atoms with van der Waals surface area (Å²) in [7, 11) is -3.65. The molecule has 2 aromatic carbocycles. The van der Waals surface area contributed by atoms with E-state index in [9.17, 15) is 13.2 Å². The number of nitrogens with zero attached hydrogens (tertiary/aromatic N) is 1. The molecule has 1 unspecified atom stereocenters. The first-order valence-corrected chi connectivity index (χ1v) is 10.2. The number of rotatable bonds is 6. The van der Waals surface area contributed by atoms with Gasteiger partial charge in [-0.3, -0.25) is 9.78 Å². The van der Waals surface area contributed by atoms with Crippen LogP contribution in [0.5, 0.6) is 0 Å². The van der Waals surface area contributed by atoms with Gasteiger partial charge in [-0.05, 0) is 53.9 Å². The highest BCUT2D eigenvalue weighted by molar-refractivity contribution is 7.89. The van der Waals surface area contributed by atoms with Gasteiger partial charge in [-0.15, -0.1) is 0 Å². The van der Waals surface area contributed by atoms with Crippen LogP contribution in [0.25, 0.3) is 11.1 Å². The van der Waals surface area contributed by atoms with Crippen molar-refractivity contribution >= 4 is 21.6 Å². The van der Waals surface area contributed by atoms with E-state index in [1.54, 1.807) is 61.8 Å². The van der Waals surface area contributed by atoms with E-state index in [4.69, 9.17) is 0 Å². The molecule has 0 fully saturated rings. The fourth-order valence-electron chi connectivity index (χ4n) is 2.78. The zero-order valence-corrected chi connectivity index (χ0v) is 16.4. The molecular formula is C21H21N3O3S. The standard InChI is InChI=1S/C21H21N3O3S/c1-15(19-4-3-13-22-14-19)24-28(26,27)21-11-7-18(8-12-21)17-5-9-20(10-6-17)23-16(2)25/h3-15,24H,1-2H3,(H,23,25).